The van der Waals surface area contributed by atoms with Crippen LogP contribution in [0.5, 0.6) is 0 Å². The van der Waals surface area contributed by atoms with Gasteiger partial charge >= 0.3 is 12.4 Å². The van der Waals surface area contributed by atoms with Gasteiger partial charge in [0.15, 0.2) is 12.6 Å². The molecule has 200 valence electrons. The fourth-order valence-corrected chi connectivity index (χ4v) is 4.05. The van der Waals surface area contributed by atoms with Gasteiger partial charge in [-0.1, -0.05) is 12.1 Å². The standard InChI is InChI=1S/C23H21F7N4O3/c24-17-3-1-14(2-4-17)20-21(36-6-5-34(20)11-18-31-12-32-33-18)37-19(35)9-13-7-15(22(25,26)27)10-16(8-13)23(28,29)30/h1-4,7-8,10,12,19-21,35H,5-6,9,11H2,(H,31,32,33)/t19-,20-,21+/m0/s1. The third-order valence-electron chi connectivity index (χ3n) is 5.69. The first-order valence-corrected chi connectivity index (χ1v) is 11.0. The molecule has 7 nitrogen and oxygen atoms in total. The Balaban J connectivity index is 1.57. The number of aromatic nitrogens is 3. The van der Waals surface area contributed by atoms with Gasteiger partial charge in [-0.05, 0) is 41.5 Å². The van der Waals surface area contributed by atoms with E-state index in [-0.39, 0.29) is 19.2 Å². The molecule has 1 aliphatic heterocycles. The van der Waals surface area contributed by atoms with Gasteiger partial charge in [-0.15, -0.1) is 0 Å². The number of aliphatic hydroxyl groups is 1. The summed E-state index contributed by atoms with van der Waals surface area (Å²) in [5, 5.41) is 17.0. The van der Waals surface area contributed by atoms with E-state index in [1.807, 2.05) is 4.90 Å². The van der Waals surface area contributed by atoms with Crippen LogP contribution in [-0.2, 0) is 34.8 Å². The number of H-pyrrole nitrogens is 1. The third-order valence-corrected chi connectivity index (χ3v) is 5.69. The molecule has 1 aliphatic rings. The number of benzene rings is 2. The number of hydrogen-bond donors (Lipinski definition) is 2. The zero-order chi connectivity index (χ0) is 26.8. The molecule has 3 atom stereocenters. The molecule has 1 aromatic heterocycles. The maximum Gasteiger partial charge on any atom is 0.416 e. The summed E-state index contributed by atoms with van der Waals surface area (Å²) in [4.78, 5) is 5.92. The lowest BCUT2D eigenvalue weighted by Gasteiger charge is -2.41. The van der Waals surface area contributed by atoms with Crippen LogP contribution in [0.25, 0.3) is 0 Å². The van der Waals surface area contributed by atoms with Crippen molar-refractivity contribution in [1.29, 1.82) is 0 Å². The highest BCUT2D eigenvalue weighted by Gasteiger charge is 2.38. The summed E-state index contributed by atoms with van der Waals surface area (Å²) < 4.78 is 104. The van der Waals surface area contributed by atoms with Crippen molar-refractivity contribution in [2.24, 2.45) is 0 Å². The number of alkyl halides is 6. The van der Waals surface area contributed by atoms with E-state index in [2.05, 4.69) is 15.2 Å². The average Bonchev–Trinajstić information content (AvgIpc) is 3.32. The molecule has 14 heteroatoms. The largest absolute Gasteiger partial charge is 0.416 e. The summed E-state index contributed by atoms with van der Waals surface area (Å²) in [5.74, 6) is 0.00161. The lowest BCUT2D eigenvalue weighted by molar-refractivity contribution is -0.270. The fourth-order valence-electron chi connectivity index (χ4n) is 4.05. The first-order chi connectivity index (χ1) is 17.4. The molecule has 37 heavy (non-hydrogen) atoms. The Morgan fingerprint density at radius 2 is 1.70 bits per heavy atom. The van der Waals surface area contributed by atoms with E-state index in [9.17, 15) is 35.8 Å². The molecule has 3 aromatic rings. The van der Waals surface area contributed by atoms with Gasteiger partial charge in [-0.2, -0.15) is 31.4 Å². The molecule has 2 N–H and O–H groups in total. The van der Waals surface area contributed by atoms with E-state index in [0.29, 0.717) is 30.1 Å². The van der Waals surface area contributed by atoms with Crippen LogP contribution in [-0.4, -0.2) is 50.9 Å². The highest BCUT2D eigenvalue weighted by atomic mass is 19.4. The van der Waals surface area contributed by atoms with E-state index in [1.165, 1.54) is 30.6 Å². The van der Waals surface area contributed by atoms with E-state index >= 15 is 0 Å². The van der Waals surface area contributed by atoms with Crippen molar-refractivity contribution in [2.75, 3.05) is 13.2 Å². The van der Waals surface area contributed by atoms with E-state index in [0.717, 1.165) is 0 Å². The highest BCUT2D eigenvalue weighted by molar-refractivity contribution is 5.34. The van der Waals surface area contributed by atoms with Crippen LogP contribution in [0.4, 0.5) is 30.7 Å². The van der Waals surface area contributed by atoms with Crippen LogP contribution in [0.15, 0.2) is 48.8 Å². The van der Waals surface area contributed by atoms with Crippen molar-refractivity contribution < 1.29 is 45.3 Å². The minimum Gasteiger partial charge on any atom is -0.368 e. The minimum atomic E-state index is -5.02. The Morgan fingerprint density at radius 1 is 1.05 bits per heavy atom. The average molecular weight is 534 g/mol. The van der Waals surface area contributed by atoms with Crippen molar-refractivity contribution in [3.8, 4) is 0 Å². The quantitative estimate of drug-likeness (QED) is 0.344. The predicted octanol–water partition coefficient (Wildman–Crippen LogP) is 4.46. The van der Waals surface area contributed by atoms with E-state index < -0.39 is 59.9 Å². The number of halogens is 7. The summed E-state index contributed by atoms with van der Waals surface area (Å²) in [6.45, 7) is 0.746. The Bertz CT molecular complexity index is 1140. The monoisotopic (exact) mass is 534 g/mol. The van der Waals surface area contributed by atoms with Crippen LogP contribution < -0.4 is 0 Å². The molecule has 2 aromatic carbocycles. The highest BCUT2D eigenvalue weighted by Crippen LogP contribution is 2.37. The van der Waals surface area contributed by atoms with Gasteiger partial charge in [-0.25, -0.2) is 9.37 Å². The molecule has 1 fully saturated rings. The lowest BCUT2D eigenvalue weighted by Crippen LogP contribution is -2.47. The number of aliphatic hydroxyl groups excluding tert-OH is 1. The van der Waals surface area contributed by atoms with Gasteiger partial charge in [0.2, 0.25) is 0 Å². The van der Waals surface area contributed by atoms with E-state index in [1.54, 1.807) is 0 Å². The first kappa shape index (κ1) is 27.0. The maximum absolute atomic E-state index is 13.5. The number of rotatable bonds is 7. The SMILES string of the molecule is O[C@H](Cc1cc(C(F)(F)F)cc(C(F)(F)F)c1)O[C@H]1OCCN(Cc2ncn[nH]2)[C@H]1c1ccc(F)cc1. The molecule has 0 radical (unpaired) electrons. The topological polar surface area (TPSA) is 83.5 Å². The summed E-state index contributed by atoms with van der Waals surface area (Å²) in [6, 6.07) is 5.72. The molecule has 4 rings (SSSR count). The van der Waals surface area contributed by atoms with E-state index in [4.69, 9.17) is 9.47 Å². The summed E-state index contributed by atoms with van der Waals surface area (Å²) >= 11 is 0. The normalized spacial score (nSPS) is 20.2. The third kappa shape index (κ3) is 6.83. The number of nitrogens with zero attached hydrogens (tertiary/aromatic N) is 3. The fraction of sp³-hybridized carbons (Fsp3) is 0.391. The van der Waals surface area contributed by atoms with Crippen LogP contribution in [0.1, 0.15) is 34.1 Å². The number of ether oxygens (including phenoxy) is 2. The molecular weight excluding hydrogens is 513 g/mol. The van der Waals surface area contributed by atoms with Gasteiger partial charge in [-0.3, -0.25) is 10.00 Å². The molecule has 0 bridgehead atoms. The minimum absolute atomic E-state index is 0.00686. The van der Waals surface area contributed by atoms with Gasteiger partial charge in [0, 0.05) is 13.0 Å². The number of aromatic amines is 1. The summed E-state index contributed by atoms with van der Waals surface area (Å²) in [7, 11) is 0. The molecule has 0 saturated carbocycles. The molecule has 0 unspecified atom stereocenters. The second-order valence-electron chi connectivity index (χ2n) is 8.35. The zero-order valence-corrected chi connectivity index (χ0v) is 18.9. The Labute approximate surface area is 205 Å². The summed E-state index contributed by atoms with van der Waals surface area (Å²) in [5.41, 5.74) is -2.89. The predicted molar refractivity (Wildman–Crippen MR) is 113 cm³/mol. The van der Waals surface area contributed by atoms with Crippen molar-refractivity contribution in [3.63, 3.8) is 0 Å². The van der Waals surface area contributed by atoms with Gasteiger partial charge in [0.1, 0.15) is 18.0 Å². The molecule has 1 saturated heterocycles. The second-order valence-corrected chi connectivity index (χ2v) is 8.35. The van der Waals surface area contributed by atoms with Gasteiger partial charge in [0.05, 0.1) is 30.3 Å². The zero-order valence-electron chi connectivity index (χ0n) is 18.9. The molecule has 2 heterocycles. The van der Waals surface area contributed by atoms with Crippen LogP contribution in [0, 0.1) is 5.82 Å². The van der Waals surface area contributed by atoms with Crippen LogP contribution in [0.2, 0.25) is 0 Å². The van der Waals surface area contributed by atoms with Crippen LogP contribution in [0.3, 0.4) is 0 Å². The molecule has 0 aliphatic carbocycles. The molecular formula is C23H21F7N4O3. The molecule has 0 amide bonds. The van der Waals surface area contributed by atoms with Crippen molar-refractivity contribution in [1.82, 2.24) is 20.1 Å². The van der Waals surface area contributed by atoms with Crippen molar-refractivity contribution in [2.45, 2.75) is 43.9 Å². The number of hydrogen-bond acceptors (Lipinski definition) is 6. The van der Waals surface area contributed by atoms with Gasteiger partial charge in [0.25, 0.3) is 0 Å². The Kier molecular flexibility index (Phi) is 7.83. The molecule has 0 spiro atoms. The van der Waals surface area contributed by atoms with Crippen LogP contribution >= 0.6 is 0 Å². The Morgan fingerprint density at radius 3 is 2.27 bits per heavy atom. The first-order valence-electron chi connectivity index (χ1n) is 11.0. The second kappa shape index (κ2) is 10.7. The number of morpholine rings is 1. The smallest absolute Gasteiger partial charge is 0.368 e. The number of nitrogens with one attached hydrogen (secondary N) is 1. The van der Waals surface area contributed by atoms with Crippen molar-refractivity contribution in [3.05, 3.63) is 82.7 Å². The lowest BCUT2D eigenvalue weighted by atomic mass is 10.0. The maximum atomic E-state index is 13.5. The van der Waals surface area contributed by atoms with Gasteiger partial charge < -0.3 is 14.6 Å². The Hall–Kier alpha value is -3.07. The summed E-state index contributed by atoms with van der Waals surface area (Å²) in [6.07, 6.45) is -12.4. The van der Waals surface area contributed by atoms with Crippen molar-refractivity contribution >= 4 is 0 Å².